The van der Waals surface area contributed by atoms with E-state index >= 15 is 0 Å². The van der Waals surface area contributed by atoms with E-state index in [-0.39, 0.29) is 6.54 Å². The maximum absolute atomic E-state index is 13.1. The summed E-state index contributed by atoms with van der Waals surface area (Å²) in [5.41, 5.74) is 3.92. The number of hydrogen-bond acceptors (Lipinski definition) is 3. The van der Waals surface area contributed by atoms with Gasteiger partial charge in [0.05, 0.1) is 11.8 Å². The first-order valence-corrected chi connectivity index (χ1v) is 8.01. The van der Waals surface area contributed by atoms with Crippen molar-refractivity contribution in [1.82, 2.24) is 10.2 Å². The summed E-state index contributed by atoms with van der Waals surface area (Å²) in [4.78, 5) is 36.8. The first kappa shape index (κ1) is 18.5. The number of hydrogen-bond donors (Lipinski definition) is 2. The number of carbonyl (C=O) groups is 3. The van der Waals surface area contributed by atoms with Gasteiger partial charge in [-0.05, 0) is 12.8 Å². The number of nitrogens with zero attached hydrogens (tertiary/aromatic N) is 1. The lowest BCUT2D eigenvalue weighted by atomic mass is 9.80. The van der Waals surface area contributed by atoms with Gasteiger partial charge in [0.15, 0.2) is 0 Å². The number of nitrogens with one attached hydrogen (secondary N) is 1. The van der Waals surface area contributed by atoms with Crippen molar-refractivity contribution in [2.24, 2.45) is 17.6 Å². The average Bonchev–Trinajstić information content (AvgIpc) is 2.92. The molecule has 2 aliphatic rings. The zero-order chi connectivity index (χ0) is 18.1. The lowest BCUT2D eigenvalue weighted by Gasteiger charge is -2.39. The van der Waals surface area contributed by atoms with Crippen molar-refractivity contribution in [3.8, 4) is 0 Å². The predicted octanol–water partition coefficient (Wildman–Crippen LogP) is 0.948. The molecule has 1 saturated heterocycles. The second-order valence-electron chi connectivity index (χ2n) is 6.69. The van der Waals surface area contributed by atoms with Crippen LogP contribution in [0, 0.1) is 11.8 Å². The Labute approximate surface area is 137 Å². The topological polar surface area (TPSA) is 92.5 Å². The molecule has 1 heterocycles. The fraction of sp³-hybridized carbons (Fsp3) is 0.800. The third kappa shape index (κ3) is 3.64. The molecule has 0 aromatic carbocycles. The highest BCUT2D eigenvalue weighted by atomic mass is 19.4. The summed E-state index contributed by atoms with van der Waals surface area (Å²) in [5, 5.41) is 2.64. The molecule has 9 heteroatoms. The molecule has 0 spiro atoms. The van der Waals surface area contributed by atoms with E-state index in [1.54, 1.807) is 0 Å². The molecule has 0 bridgehead atoms. The second-order valence-corrected chi connectivity index (χ2v) is 6.69. The molecule has 0 aromatic heterocycles. The molecule has 1 aliphatic heterocycles. The summed E-state index contributed by atoms with van der Waals surface area (Å²) < 4.78 is 39.4. The van der Waals surface area contributed by atoms with E-state index in [2.05, 4.69) is 5.32 Å². The number of rotatable bonds is 3. The molecule has 0 aromatic rings. The maximum Gasteiger partial charge on any atom is 0.394 e. The van der Waals surface area contributed by atoms with E-state index in [0.717, 1.165) is 11.3 Å². The Balaban J connectivity index is 2.24. The van der Waals surface area contributed by atoms with Crippen LogP contribution in [0.5, 0.6) is 0 Å². The van der Waals surface area contributed by atoms with Crippen molar-refractivity contribution < 1.29 is 27.6 Å². The Bertz CT molecular complexity index is 530. The highest BCUT2D eigenvalue weighted by Crippen LogP contribution is 2.39. The Morgan fingerprint density at radius 3 is 2.12 bits per heavy atom. The fourth-order valence-corrected chi connectivity index (χ4v) is 3.78. The first-order chi connectivity index (χ1) is 11.1. The van der Waals surface area contributed by atoms with Gasteiger partial charge in [-0.2, -0.15) is 13.2 Å². The zero-order valence-corrected chi connectivity index (χ0v) is 13.5. The maximum atomic E-state index is 13.1. The molecule has 0 radical (unpaired) electrons. The van der Waals surface area contributed by atoms with E-state index in [0.29, 0.717) is 25.7 Å². The monoisotopic (exact) mass is 349 g/mol. The van der Waals surface area contributed by atoms with Crippen LogP contribution in [0.2, 0.25) is 0 Å². The average molecular weight is 349 g/mol. The quantitative estimate of drug-likeness (QED) is 0.794. The van der Waals surface area contributed by atoms with Crippen LogP contribution >= 0.6 is 0 Å². The van der Waals surface area contributed by atoms with E-state index in [9.17, 15) is 27.6 Å². The molecular weight excluding hydrogens is 327 g/mol. The summed E-state index contributed by atoms with van der Waals surface area (Å²) >= 11 is 0. The molecule has 3 N–H and O–H groups in total. The molecular formula is C15H22F3N3O3. The number of halogens is 3. The molecule has 2 fully saturated rings. The SMILES string of the molecule is CC(=O)NC1(C(=O)N2C[C@@H](C(F)(F)F)[C@H](C(N)=O)C2)CCCCC1. The Kier molecular flexibility index (Phi) is 5.10. The summed E-state index contributed by atoms with van der Waals surface area (Å²) in [5.74, 6) is -5.42. The third-order valence-electron chi connectivity index (χ3n) is 4.92. The molecule has 1 saturated carbocycles. The van der Waals surface area contributed by atoms with Gasteiger partial charge in [0.25, 0.3) is 0 Å². The van der Waals surface area contributed by atoms with Crippen molar-refractivity contribution in [2.45, 2.75) is 50.7 Å². The van der Waals surface area contributed by atoms with E-state index in [1.165, 1.54) is 6.92 Å². The highest BCUT2D eigenvalue weighted by molar-refractivity contribution is 5.92. The van der Waals surface area contributed by atoms with Gasteiger partial charge >= 0.3 is 6.18 Å². The van der Waals surface area contributed by atoms with Crippen LogP contribution in [-0.2, 0) is 14.4 Å². The molecule has 1 aliphatic carbocycles. The van der Waals surface area contributed by atoms with Gasteiger partial charge in [0.1, 0.15) is 5.54 Å². The van der Waals surface area contributed by atoms with E-state index in [1.807, 2.05) is 0 Å². The number of likely N-dealkylation sites (tertiary alicyclic amines) is 1. The number of primary amides is 1. The van der Waals surface area contributed by atoms with Gasteiger partial charge in [0.2, 0.25) is 17.7 Å². The molecule has 3 amide bonds. The minimum atomic E-state index is -4.61. The summed E-state index contributed by atoms with van der Waals surface area (Å²) in [7, 11) is 0. The largest absolute Gasteiger partial charge is 0.394 e. The molecule has 2 rings (SSSR count). The van der Waals surface area contributed by atoms with Gasteiger partial charge in [-0.15, -0.1) is 0 Å². The summed E-state index contributed by atoms with van der Waals surface area (Å²) in [6, 6.07) is 0. The Morgan fingerprint density at radius 1 is 1.12 bits per heavy atom. The predicted molar refractivity (Wildman–Crippen MR) is 78.4 cm³/mol. The lowest BCUT2D eigenvalue weighted by molar-refractivity contribution is -0.183. The Hall–Kier alpha value is -1.80. The van der Waals surface area contributed by atoms with Gasteiger partial charge in [0, 0.05) is 20.0 Å². The van der Waals surface area contributed by atoms with Gasteiger partial charge < -0.3 is 16.0 Å². The molecule has 6 nitrogen and oxygen atoms in total. The smallest absolute Gasteiger partial charge is 0.369 e. The third-order valence-corrected chi connectivity index (χ3v) is 4.92. The van der Waals surface area contributed by atoms with Crippen molar-refractivity contribution in [1.29, 1.82) is 0 Å². The number of alkyl halides is 3. The first-order valence-electron chi connectivity index (χ1n) is 8.01. The van der Waals surface area contributed by atoms with Crippen molar-refractivity contribution >= 4 is 17.7 Å². The van der Waals surface area contributed by atoms with Crippen molar-refractivity contribution in [3.63, 3.8) is 0 Å². The van der Waals surface area contributed by atoms with Crippen LogP contribution < -0.4 is 11.1 Å². The molecule has 24 heavy (non-hydrogen) atoms. The number of carbonyl (C=O) groups excluding carboxylic acids is 3. The minimum absolute atomic E-state index is 0.361. The summed E-state index contributed by atoms with van der Waals surface area (Å²) in [6.45, 7) is 0.315. The lowest BCUT2D eigenvalue weighted by Crippen LogP contribution is -2.60. The highest BCUT2D eigenvalue weighted by Gasteiger charge is 2.55. The minimum Gasteiger partial charge on any atom is -0.369 e. The van der Waals surface area contributed by atoms with Crippen LogP contribution in [0.1, 0.15) is 39.0 Å². The Morgan fingerprint density at radius 2 is 1.71 bits per heavy atom. The van der Waals surface area contributed by atoms with E-state index in [4.69, 9.17) is 5.73 Å². The van der Waals surface area contributed by atoms with Crippen molar-refractivity contribution in [3.05, 3.63) is 0 Å². The number of nitrogens with two attached hydrogens (primary N) is 1. The summed E-state index contributed by atoms with van der Waals surface area (Å²) in [6.07, 6.45) is -1.50. The fourth-order valence-electron chi connectivity index (χ4n) is 3.78. The molecule has 136 valence electrons. The molecule has 0 unspecified atom stereocenters. The van der Waals surface area contributed by atoms with Gasteiger partial charge in [-0.25, -0.2) is 0 Å². The van der Waals surface area contributed by atoms with Gasteiger partial charge in [-0.3, -0.25) is 14.4 Å². The van der Waals surface area contributed by atoms with Crippen LogP contribution in [0.15, 0.2) is 0 Å². The standard InChI is InChI=1S/C15H22F3N3O3/c1-9(22)20-14(5-3-2-4-6-14)13(24)21-7-10(12(19)23)11(8-21)15(16,17)18/h10-11H,2-8H2,1H3,(H2,19,23)(H,20,22)/t10-,11-/m1/s1. The van der Waals surface area contributed by atoms with Crippen LogP contribution in [0.3, 0.4) is 0 Å². The zero-order valence-electron chi connectivity index (χ0n) is 13.5. The van der Waals surface area contributed by atoms with E-state index < -0.39 is 47.8 Å². The second kappa shape index (κ2) is 6.60. The normalized spacial score (nSPS) is 26.9. The van der Waals surface area contributed by atoms with Crippen LogP contribution in [-0.4, -0.2) is 47.4 Å². The molecule has 2 atom stereocenters. The van der Waals surface area contributed by atoms with Gasteiger partial charge in [-0.1, -0.05) is 19.3 Å². The van der Waals surface area contributed by atoms with Crippen LogP contribution in [0.25, 0.3) is 0 Å². The van der Waals surface area contributed by atoms with Crippen LogP contribution in [0.4, 0.5) is 13.2 Å². The number of amides is 3. The van der Waals surface area contributed by atoms with Crippen molar-refractivity contribution in [2.75, 3.05) is 13.1 Å².